The van der Waals surface area contributed by atoms with Gasteiger partial charge in [-0.05, 0) is 42.0 Å². The maximum absolute atomic E-state index is 13.3. The minimum atomic E-state index is -1.23. The topological polar surface area (TPSA) is 114 Å². The first-order chi connectivity index (χ1) is 16.8. The molecule has 8 nitrogen and oxygen atoms in total. The van der Waals surface area contributed by atoms with E-state index in [2.05, 4.69) is 22.8 Å². The predicted octanol–water partition coefficient (Wildman–Crippen LogP) is 3.69. The van der Waals surface area contributed by atoms with Gasteiger partial charge in [0, 0.05) is 5.92 Å². The minimum absolute atomic E-state index is 0.0122. The Bertz CT molecular complexity index is 1080. The van der Waals surface area contributed by atoms with Gasteiger partial charge in [0.15, 0.2) is 0 Å². The highest BCUT2D eigenvalue weighted by Gasteiger charge is 2.49. The summed E-state index contributed by atoms with van der Waals surface area (Å²) >= 11 is 0. The molecule has 4 rings (SSSR count). The zero-order valence-electron chi connectivity index (χ0n) is 20.3. The van der Waals surface area contributed by atoms with Crippen LogP contribution in [-0.4, -0.2) is 54.5 Å². The van der Waals surface area contributed by atoms with Crippen molar-refractivity contribution < 1.29 is 29.0 Å². The van der Waals surface area contributed by atoms with Crippen molar-refractivity contribution in [2.75, 3.05) is 19.8 Å². The molecule has 0 spiro atoms. The number of amides is 2. The van der Waals surface area contributed by atoms with Crippen molar-refractivity contribution in [1.29, 1.82) is 0 Å². The van der Waals surface area contributed by atoms with E-state index in [-0.39, 0.29) is 25.7 Å². The molecule has 8 heteroatoms. The van der Waals surface area contributed by atoms with E-state index in [0.29, 0.717) is 12.8 Å². The van der Waals surface area contributed by atoms with Gasteiger partial charge in [-0.3, -0.25) is 9.59 Å². The molecule has 1 aliphatic heterocycles. The van der Waals surface area contributed by atoms with Crippen molar-refractivity contribution in [2.45, 2.75) is 51.1 Å². The molecule has 1 heterocycles. The van der Waals surface area contributed by atoms with E-state index >= 15 is 0 Å². The number of carbonyl (C=O) groups is 3. The molecule has 2 aliphatic rings. The van der Waals surface area contributed by atoms with Gasteiger partial charge in [0.1, 0.15) is 17.6 Å². The lowest BCUT2D eigenvalue weighted by molar-refractivity contribution is -0.149. The van der Waals surface area contributed by atoms with E-state index in [0.717, 1.165) is 22.3 Å². The number of fused-ring (bicyclic) bond motifs is 3. The quantitative estimate of drug-likeness (QED) is 0.531. The third-order valence-electron chi connectivity index (χ3n) is 7.58. The van der Waals surface area contributed by atoms with E-state index in [1.807, 2.05) is 36.4 Å². The first kappa shape index (κ1) is 24.7. The Balaban J connectivity index is 1.45. The number of carboxylic acids is 1. The summed E-state index contributed by atoms with van der Waals surface area (Å²) < 4.78 is 11.0. The molecule has 0 radical (unpaired) electrons. The van der Waals surface area contributed by atoms with Crippen molar-refractivity contribution in [2.24, 2.45) is 5.41 Å². The average molecular weight is 481 g/mol. The molecule has 0 aromatic heterocycles. The van der Waals surface area contributed by atoms with Gasteiger partial charge in [-0.1, -0.05) is 62.4 Å². The van der Waals surface area contributed by atoms with Gasteiger partial charge < -0.3 is 25.2 Å². The highest BCUT2D eigenvalue weighted by atomic mass is 16.5. The summed E-state index contributed by atoms with van der Waals surface area (Å²) in [6, 6.07) is 15.4. The second kappa shape index (κ2) is 9.70. The Morgan fingerprint density at radius 3 is 2.17 bits per heavy atom. The highest BCUT2D eigenvalue weighted by molar-refractivity contribution is 5.91. The Morgan fingerprint density at radius 2 is 1.63 bits per heavy atom. The van der Waals surface area contributed by atoms with Crippen LogP contribution in [0.5, 0.6) is 0 Å². The van der Waals surface area contributed by atoms with E-state index in [9.17, 15) is 19.5 Å². The van der Waals surface area contributed by atoms with Gasteiger partial charge in [-0.2, -0.15) is 0 Å². The smallest absolute Gasteiger partial charge is 0.408 e. The fourth-order valence-electron chi connectivity index (χ4n) is 5.02. The van der Waals surface area contributed by atoms with Crippen molar-refractivity contribution in [1.82, 2.24) is 10.6 Å². The first-order valence-corrected chi connectivity index (χ1v) is 12.0. The van der Waals surface area contributed by atoms with Gasteiger partial charge >= 0.3 is 12.1 Å². The first-order valence-electron chi connectivity index (χ1n) is 12.0. The highest BCUT2D eigenvalue weighted by Crippen LogP contribution is 2.44. The van der Waals surface area contributed by atoms with Gasteiger partial charge in [0.05, 0.1) is 19.3 Å². The van der Waals surface area contributed by atoms with Crippen LogP contribution in [0.15, 0.2) is 48.5 Å². The van der Waals surface area contributed by atoms with Gasteiger partial charge in [-0.15, -0.1) is 0 Å². The molecule has 2 unspecified atom stereocenters. The molecule has 35 heavy (non-hydrogen) atoms. The number of rotatable bonds is 8. The number of hydrogen-bond donors (Lipinski definition) is 3. The van der Waals surface area contributed by atoms with Crippen LogP contribution < -0.4 is 10.6 Å². The van der Waals surface area contributed by atoms with Crippen LogP contribution in [0.3, 0.4) is 0 Å². The van der Waals surface area contributed by atoms with Gasteiger partial charge in [0.25, 0.3) is 0 Å². The Kier molecular flexibility index (Phi) is 6.85. The van der Waals surface area contributed by atoms with Crippen LogP contribution in [0.1, 0.15) is 50.7 Å². The maximum Gasteiger partial charge on any atom is 0.408 e. The molecule has 2 aromatic carbocycles. The number of aliphatic carboxylic acids is 1. The van der Waals surface area contributed by atoms with Crippen LogP contribution in [0.2, 0.25) is 0 Å². The normalized spacial score (nSPS) is 21.2. The summed E-state index contributed by atoms with van der Waals surface area (Å²) in [6.07, 6.45) is -0.0530. The SMILES string of the molecule is CCC(CC)(NC(=O)OCC1c2ccccc2-c2ccccc21)C(=O)NC1COCC1(C)C(=O)O. The number of carboxylic acid groups (broad SMARTS) is 1. The summed E-state index contributed by atoms with van der Waals surface area (Å²) in [5.74, 6) is -1.58. The van der Waals surface area contributed by atoms with Crippen molar-refractivity contribution in [3.05, 3.63) is 59.7 Å². The summed E-state index contributed by atoms with van der Waals surface area (Å²) in [7, 11) is 0. The lowest BCUT2D eigenvalue weighted by atomic mass is 9.84. The summed E-state index contributed by atoms with van der Waals surface area (Å²) in [4.78, 5) is 37.9. The molecule has 1 aliphatic carbocycles. The van der Waals surface area contributed by atoms with E-state index in [1.54, 1.807) is 20.8 Å². The molecule has 2 atom stereocenters. The van der Waals surface area contributed by atoms with E-state index in [1.165, 1.54) is 0 Å². The van der Waals surface area contributed by atoms with E-state index < -0.39 is 35.0 Å². The molecule has 186 valence electrons. The number of carbonyl (C=O) groups excluding carboxylic acids is 2. The van der Waals surface area contributed by atoms with Crippen LogP contribution in [0.4, 0.5) is 4.79 Å². The second-order valence-corrected chi connectivity index (χ2v) is 9.50. The zero-order valence-corrected chi connectivity index (χ0v) is 20.3. The number of hydrogen-bond acceptors (Lipinski definition) is 5. The third kappa shape index (κ3) is 4.38. The molecule has 1 saturated heterocycles. The number of ether oxygens (including phenoxy) is 2. The molecule has 0 bridgehead atoms. The molecular formula is C27H32N2O6. The lowest BCUT2D eigenvalue weighted by Crippen LogP contribution is -2.62. The largest absolute Gasteiger partial charge is 0.481 e. The predicted molar refractivity (Wildman–Crippen MR) is 130 cm³/mol. The molecular weight excluding hydrogens is 448 g/mol. The van der Waals surface area contributed by atoms with E-state index in [4.69, 9.17) is 9.47 Å². The molecule has 2 aromatic rings. The van der Waals surface area contributed by atoms with Crippen LogP contribution in [0.25, 0.3) is 11.1 Å². The van der Waals surface area contributed by atoms with Gasteiger partial charge in [0.2, 0.25) is 5.91 Å². The summed E-state index contributed by atoms with van der Waals surface area (Å²) in [6.45, 7) is 5.40. The average Bonchev–Trinajstić information content (AvgIpc) is 3.39. The number of benzene rings is 2. The van der Waals surface area contributed by atoms with Crippen LogP contribution in [-0.2, 0) is 19.1 Å². The van der Waals surface area contributed by atoms with Gasteiger partial charge in [-0.25, -0.2) is 4.79 Å². The van der Waals surface area contributed by atoms with Crippen molar-refractivity contribution >= 4 is 18.0 Å². The standard InChI is InChI=1S/C27H32N2O6/c1-4-27(5-2,23(30)28-22-15-34-16-26(22,3)24(31)32)29-25(33)35-14-21-19-12-8-6-10-17(19)18-11-7-9-13-20(18)21/h6-13,21-22H,4-5,14-16H2,1-3H3,(H,28,30)(H,29,33)(H,31,32). The summed E-state index contributed by atoms with van der Waals surface area (Å²) in [5, 5.41) is 15.2. The Labute approximate surface area is 205 Å². The van der Waals surface area contributed by atoms with Crippen molar-refractivity contribution in [3.8, 4) is 11.1 Å². The second-order valence-electron chi connectivity index (χ2n) is 9.50. The van der Waals surface area contributed by atoms with Crippen LogP contribution >= 0.6 is 0 Å². The molecule has 1 fully saturated rings. The van der Waals surface area contributed by atoms with Crippen LogP contribution in [0, 0.1) is 5.41 Å². The Hall–Kier alpha value is -3.39. The fraction of sp³-hybridized carbons (Fsp3) is 0.444. The molecule has 0 saturated carbocycles. The van der Waals surface area contributed by atoms with Crippen molar-refractivity contribution in [3.63, 3.8) is 0 Å². The molecule has 2 amide bonds. The third-order valence-corrected chi connectivity index (χ3v) is 7.58. The summed E-state index contributed by atoms with van der Waals surface area (Å²) in [5.41, 5.74) is 2.01. The fourth-order valence-corrected chi connectivity index (χ4v) is 5.02. The Morgan fingerprint density at radius 1 is 1.06 bits per heavy atom. The monoisotopic (exact) mass is 480 g/mol. The molecule has 3 N–H and O–H groups in total. The number of nitrogens with one attached hydrogen (secondary N) is 2. The lowest BCUT2D eigenvalue weighted by Gasteiger charge is -2.34. The maximum atomic E-state index is 13.3. The minimum Gasteiger partial charge on any atom is -0.481 e. The number of alkyl carbamates (subject to hydrolysis) is 1. The zero-order chi connectivity index (χ0) is 25.2.